The van der Waals surface area contributed by atoms with E-state index in [1.807, 2.05) is 19.2 Å². The van der Waals surface area contributed by atoms with Gasteiger partial charge >= 0.3 is 0 Å². The van der Waals surface area contributed by atoms with E-state index in [9.17, 15) is 0 Å². The number of hydrogen-bond acceptors (Lipinski definition) is 4. The minimum absolute atomic E-state index is 0.839. The topological polar surface area (TPSA) is 37.4 Å². The van der Waals surface area contributed by atoms with Crippen LogP contribution in [-0.4, -0.2) is 43.2 Å². The van der Waals surface area contributed by atoms with Crippen LogP contribution < -0.4 is 5.32 Å². The van der Waals surface area contributed by atoms with E-state index in [1.54, 1.807) is 0 Å². The van der Waals surface area contributed by atoms with Crippen LogP contribution in [0, 0.1) is 0 Å². The molecule has 0 radical (unpaired) electrons. The van der Waals surface area contributed by atoms with Gasteiger partial charge in [0.05, 0.1) is 12.3 Å². The van der Waals surface area contributed by atoms with E-state index >= 15 is 0 Å². The molecule has 0 aliphatic carbocycles. The van der Waals surface area contributed by atoms with E-state index in [0.717, 1.165) is 50.8 Å². The fraction of sp³-hybridized carbons (Fsp3) is 0.583. The second-order valence-electron chi connectivity index (χ2n) is 4.01. The summed E-state index contributed by atoms with van der Waals surface area (Å²) >= 11 is 0. The molecule has 1 fully saturated rings. The average molecular weight is 221 g/mol. The maximum absolute atomic E-state index is 5.43. The Hall–Kier alpha value is -1.13. The molecule has 0 unspecified atom stereocenters. The Labute approximate surface area is 96.6 Å². The number of pyridine rings is 1. The summed E-state index contributed by atoms with van der Waals surface area (Å²) in [6.45, 7) is 4.75. The fourth-order valence-corrected chi connectivity index (χ4v) is 1.89. The summed E-state index contributed by atoms with van der Waals surface area (Å²) in [4.78, 5) is 6.92. The highest BCUT2D eigenvalue weighted by Crippen LogP contribution is 2.08. The Morgan fingerprint density at radius 1 is 1.38 bits per heavy atom. The molecule has 2 heterocycles. The average Bonchev–Trinajstić information content (AvgIpc) is 2.58. The van der Waals surface area contributed by atoms with Crippen molar-refractivity contribution in [3.05, 3.63) is 23.9 Å². The van der Waals surface area contributed by atoms with E-state index in [2.05, 4.69) is 21.3 Å². The van der Waals surface area contributed by atoms with Gasteiger partial charge in [-0.1, -0.05) is 6.07 Å². The van der Waals surface area contributed by atoms with Crippen molar-refractivity contribution in [1.29, 1.82) is 0 Å². The molecule has 1 saturated heterocycles. The fourth-order valence-electron chi connectivity index (χ4n) is 1.89. The minimum Gasteiger partial charge on any atom is -0.380 e. The molecule has 1 aliphatic rings. The molecule has 0 atom stereocenters. The predicted octanol–water partition coefficient (Wildman–Crippen LogP) is 1.35. The van der Waals surface area contributed by atoms with Gasteiger partial charge in [0, 0.05) is 33.3 Å². The van der Waals surface area contributed by atoms with E-state index in [4.69, 9.17) is 4.74 Å². The molecule has 1 N–H and O–H groups in total. The molecule has 0 bridgehead atoms. The normalized spacial score (nSPS) is 18.1. The zero-order chi connectivity index (χ0) is 11.2. The Morgan fingerprint density at radius 2 is 2.31 bits per heavy atom. The molecule has 1 aromatic rings. The quantitative estimate of drug-likeness (QED) is 0.836. The molecule has 0 amide bonds. The van der Waals surface area contributed by atoms with Gasteiger partial charge in [0.1, 0.15) is 5.82 Å². The summed E-state index contributed by atoms with van der Waals surface area (Å²) in [7, 11) is 1.89. The van der Waals surface area contributed by atoms with Crippen LogP contribution >= 0.6 is 0 Å². The highest BCUT2D eigenvalue weighted by Gasteiger charge is 2.10. The summed E-state index contributed by atoms with van der Waals surface area (Å²) < 4.78 is 5.43. The second kappa shape index (κ2) is 5.82. The van der Waals surface area contributed by atoms with Crippen molar-refractivity contribution in [3.8, 4) is 0 Å². The first-order chi connectivity index (χ1) is 7.88. The molecule has 4 heteroatoms. The summed E-state index contributed by atoms with van der Waals surface area (Å²) in [5.41, 5.74) is 1.12. The Balaban J connectivity index is 1.96. The van der Waals surface area contributed by atoms with Crippen molar-refractivity contribution in [2.24, 2.45) is 0 Å². The maximum atomic E-state index is 5.43. The van der Waals surface area contributed by atoms with Crippen molar-refractivity contribution in [2.75, 3.05) is 38.7 Å². The van der Waals surface area contributed by atoms with Gasteiger partial charge in [-0.05, 0) is 18.6 Å². The Bertz CT molecular complexity index is 322. The smallest absolute Gasteiger partial charge is 0.126 e. The number of ether oxygens (including phenoxy) is 1. The maximum Gasteiger partial charge on any atom is 0.126 e. The standard InChI is InChI=1S/C12H19N3O/c1-13-12-5-2-4-11(14-12)10-15-6-3-8-16-9-7-15/h2,4-5H,3,6-10H2,1H3,(H,13,14). The summed E-state index contributed by atoms with van der Waals surface area (Å²) in [5, 5.41) is 3.06. The predicted molar refractivity (Wildman–Crippen MR) is 64.5 cm³/mol. The Morgan fingerprint density at radius 3 is 3.19 bits per heavy atom. The number of nitrogens with zero attached hydrogens (tertiary/aromatic N) is 2. The number of nitrogens with one attached hydrogen (secondary N) is 1. The Kier molecular flexibility index (Phi) is 4.13. The van der Waals surface area contributed by atoms with Gasteiger partial charge in [0.2, 0.25) is 0 Å². The number of hydrogen-bond donors (Lipinski definition) is 1. The number of rotatable bonds is 3. The van der Waals surface area contributed by atoms with Gasteiger partial charge in [-0.25, -0.2) is 4.98 Å². The van der Waals surface area contributed by atoms with Crippen LogP contribution in [0.3, 0.4) is 0 Å². The number of aromatic nitrogens is 1. The molecule has 1 aromatic heterocycles. The minimum atomic E-state index is 0.839. The molecule has 0 saturated carbocycles. The lowest BCUT2D eigenvalue weighted by Gasteiger charge is -2.18. The van der Waals surface area contributed by atoms with Crippen LogP contribution in [-0.2, 0) is 11.3 Å². The van der Waals surface area contributed by atoms with Gasteiger partial charge < -0.3 is 10.1 Å². The molecule has 4 nitrogen and oxygen atoms in total. The molecule has 88 valence electrons. The molecular weight excluding hydrogens is 202 g/mol. The van der Waals surface area contributed by atoms with Gasteiger partial charge in [-0.3, -0.25) is 4.90 Å². The molecule has 2 rings (SSSR count). The third-order valence-electron chi connectivity index (χ3n) is 2.76. The number of anilines is 1. The van der Waals surface area contributed by atoms with E-state index in [1.165, 1.54) is 0 Å². The lowest BCUT2D eigenvalue weighted by atomic mass is 10.3. The summed E-state index contributed by atoms with van der Waals surface area (Å²) in [5.74, 6) is 0.934. The lowest BCUT2D eigenvalue weighted by Crippen LogP contribution is -2.26. The van der Waals surface area contributed by atoms with Gasteiger partial charge in [-0.15, -0.1) is 0 Å². The lowest BCUT2D eigenvalue weighted by molar-refractivity contribution is 0.140. The highest BCUT2D eigenvalue weighted by molar-refractivity contribution is 5.34. The van der Waals surface area contributed by atoms with Crippen molar-refractivity contribution in [1.82, 2.24) is 9.88 Å². The van der Waals surface area contributed by atoms with Crippen molar-refractivity contribution < 1.29 is 4.74 Å². The highest BCUT2D eigenvalue weighted by atomic mass is 16.5. The zero-order valence-corrected chi connectivity index (χ0v) is 9.78. The first-order valence-electron chi connectivity index (χ1n) is 5.82. The molecule has 0 aromatic carbocycles. The van der Waals surface area contributed by atoms with Gasteiger partial charge in [0.25, 0.3) is 0 Å². The van der Waals surface area contributed by atoms with Crippen molar-refractivity contribution in [2.45, 2.75) is 13.0 Å². The molecule has 0 spiro atoms. The van der Waals surface area contributed by atoms with Crippen LogP contribution in [0.15, 0.2) is 18.2 Å². The third kappa shape index (κ3) is 3.18. The van der Waals surface area contributed by atoms with Gasteiger partial charge in [0.15, 0.2) is 0 Å². The van der Waals surface area contributed by atoms with E-state index in [-0.39, 0.29) is 0 Å². The van der Waals surface area contributed by atoms with E-state index < -0.39 is 0 Å². The van der Waals surface area contributed by atoms with E-state index in [0.29, 0.717) is 0 Å². The molecule has 16 heavy (non-hydrogen) atoms. The monoisotopic (exact) mass is 221 g/mol. The molecule has 1 aliphatic heterocycles. The second-order valence-corrected chi connectivity index (χ2v) is 4.01. The van der Waals surface area contributed by atoms with Crippen molar-refractivity contribution in [3.63, 3.8) is 0 Å². The SMILES string of the molecule is CNc1cccc(CN2CCCOCC2)n1. The van der Waals surface area contributed by atoms with Gasteiger partial charge in [-0.2, -0.15) is 0 Å². The van der Waals surface area contributed by atoms with Crippen molar-refractivity contribution >= 4 is 5.82 Å². The first-order valence-corrected chi connectivity index (χ1v) is 5.82. The van der Waals surface area contributed by atoms with Crippen LogP contribution in [0.25, 0.3) is 0 Å². The van der Waals surface area contributed by atoms with Crippen LogP contribution in [0.1, 0.15) is 12.1 Å². The largest absolute Gasteiger partial charge is 0.380 e. The third-order valence-corrected chi connectivity index (χ3v) is 2.76. The molecular formula is C12H19N3O. The summed E-state index contributed by atoms with van der Waals surface area (Å²) in [6, 6.07) is 6.10. The van der Waals surface area contributed by atoms with Crippen LogP contribution in [0.4, 0.5) is 5.82 Å². The first kappa shape index (κ1) is 11.4. The zero-order valence-electron chi connectivity index (χ0n) is 9.78. The summed E-state index contributed by atoms with van der Waals surface area (Å²) in [6.07, 6.45) is 1.12. The van der Waals surface area contributed by atoms with Crippen LogP contribution in [0.5, 0.6) is 0 Å². The van der Waals surface area contributed by atoms with Crippen LogP contribution in [0.2, 0.25) is 0 Å².